The van der Waals surface area contributed by atoms with Gasteiger partial charge in [-0.3, -0.25) is 4.79 Å². The minimum Gasteiger partial charge on any atom is -0.497 e. The first-order chi connectivity index (χ1) is 14.1. The van der Waals surface area contributed by atoms with Gasteiger partial charge in [-0.05, 0) is 67.8 Å². The zero-order chi connectivity index (χ0) is 20.6. The van der Waals surface area contributed by atoms with Gasteiger partial charge in [0, 0.05) is 18.8 Å². The van der Waals surface area contributed by atoms with Crippen LogP contribution < -0.4 is 15.0 Å². The number of aryl methyl sites for hydroxylation is 1. The highest BCUT2D eigenvalue weighted by molar-refractivity contribution is 6.04. The van der Waals surface area contributed by atoms with Gasteiger partial charge in [0.15, 0.2) is 5.69 Å². The van der Waals surface area contributed by atoms with Crippen LogP contribution in [0.25, 0.3) is 0 Å². The number of nitrogens with one attached hydrogen (secondary N) is 1. The topological polar surface area (TPSA) is 67.4 Å². The van der Waals surface area contributed by atoms with E-state index >= 15 is 0 Å². The van der Waals surface area contributed by atoms with Gasteiger partial charge in [-0.2, -0.15) is 0 Å². The summed E-state index contributed by atoms with van der Waals surface area (Å²) in [5, 5.41) is 11.5. The summed E-state index contributed by atoms with van der Waals surface area (Å²) < 4.78 is 5.17. The number of ether oxygens (including phenoxy) is 1. The summed E-state index contributed by atoms with van der Waals surface area (Å²) in [7, 11) is 1.66. The molecule has 0 aliphatic rings. The SMILES string of the molecule is CCN(C(=O)c1ccc(NCCc2ccc(OC)cc2)nn1)c1cccc(C)c1. The van der Waals surface area contributed by atoms with E-state index in [1.165, 1.54) is 5.56 Å². The van der Waals surface area contributed by atoms with Crippen LogP contribution in [0.3, 0.4) is 0 Å². The summed E-state index contributed by atoms with van der Waals surface area (Å²) >= 11 is 0. The molecule has 0 aliphatic heterocycles. The quantitative estimate of drug-likeness (QED) is 0.627. The van der Waals surface area contributed by atoms with E-state index in [1.807, 2.05) is 62.4 Å². The molecule has 1 aromatic heterocycles. The van der Waals surface area contributed by atoms with Gasteiger partial charge in [-0.25, -0.2) is 0 Å². The minimum atomic E-state index is -0.157. The van der Waals surface area contributed by atoms with E-state index in [-0.39, 0.29) is 5.91 Å². The van der Waals surface area contributed by atoms with E-state index in [9.17, 15) is 4.79 Å². The third-order valence-corrected chi connectivity index (χ3v) is 4.64. The Labute approximate surface area is 171 Å². The van der Waals surface area contributed by atoms with Crippen molar-refractivity contribution in [2.24, 2.45) is 0 Å². The number of carbonyl (C=O) groups is 1. The molecule has 0 radical (unpaired) electrons. The number of methoxy groups -OCH3 is 1. The van der Waals surface area contributed by atoms with Crippen LogP contribution in [-0.4, -0.2) is 36.3 Å². The summed E-state index contributed by atoms with van der Waals surface area (Å²) in [6, 6.07) is 19.3. The lowest BCUT2D eigenvalue weighted by molar-refractivity contribution is 0.0982. The van der Waals surface area contributed by atoms with Gasteiger partial charge in [-0.1, -0.05) is 24.3 Å². The van der Waals surface area contributed by atoms with E-state index in [0.29, 0.717) is 18.1 Å². The second kappa shape index (κ2) is 9.68. The Morgan fingerprint density at radius 2 is 1.86 bits per heavy atom. The molecule has 6 nitrogen and oxygen atoms in total. The first kappa shape index (κ1) is 20.3. The molecule has 0 unspecified atom stereocenters. The second-order valence-electron chi connectivity index (χ2n) is 6.72. The molecule has 3 aromatic rings. The smallest absolute Gasteiger partial charge is 0.278 e. The molecule has 150 valence electrons. The highest BCUT2D eigenvalue weighted by Gasteiger charge is 2.18. The number of hydrogen-bond donors (Lipinski definition) is 1. The lowest BCUT2D eigenvalue weighted by atomic mass is 10.1. The van der Waals surface area contributed by atoms with Crippen molar-refractivity contribution in [3.63, 3.8) is 0 Å². The Morgan fingerprint density at radius 3 is 2.48 bits per heavy atom. The number of amides is 1. The van der Waals surface area contributed by atoms with Crippen molar-refractivity contribution in [1.29, 1.82) is 0 Å². The number of hydrogen-bond acceptors (Lipinski definition) is 5. The predicted molar refractivity (Wildman–Crippen MR) is 116 cm³/mol. The van der Waals surface area contributed by atoms with Gasteiger partial charge in [0.1, 0.15) is 11.6 Å². The van der Waals surface area contributed by atoms with Crippen LogP contribution in [-0.2, 0) is 6.42 Å². The molecule has 0 aliphatic carbocycles. The van der Waals surface area contributed by atoms with Crippen molar-refractivity contribution in [1.82, 2.24) is 10.2 Å². The van der Waals surface area contributed by atoms with E-state index < -0.39 is 0 Å². The van der Waals surface area contributed by atoms with Crippen LogP contribution in [0.2, 0.25) is 0 Å². The molecule has 1 N–H and O–H groups in total. The highest BCUT2D eigenvalue weighted by Crippen LogP contribution is 2.18. The largest absolute Gasteiger partial charge is 0.497 e. The molecule has 0 spiro atoms. The molecular weight excluding hydrogens is 364 g/mol. The minimum absolute atomic E-state index is 0.157. The lowest BCUT2D eigenvalue weighted by Gasteiger charge is -2.20. The van der Waals surface area contributed by atoms with E-state index in [0.717, 1.165) is 30.0 Å². The summed E-state index contributed by atoms with van der Waals surface area (Å²) in [6.07, 6.45) is 0.851. The molecule has 1 heterocycles. The predicted octanol–water partition coefficient (Wildman–Crippen LogP) is 4.11. The fraction of sp³-hybridized carbons (Fsp3) is 0.261. The molecule has 0 saturated carbocycles. The molecule has 3 rings (SSSR count). The zero-order valence-electron chi connectivity index (χ0n) is 17.1. The van der Waals surface area contributed by atoms with Crippen LogP contribution in [0.1, 0.15) is 28.5 Å². The van der Waals surface area contributed by atoms with Crippen LogP contribution in [0, 0.1) is 6.92 Å². The van der Waals surface area contributed by atoms with Gasteiger partial charge in [0.25, 0.3) is 5.91 Å². The molecule has 0 bridgehead atoms. The summed E-state index contributed by atoms with van der Waals surface area (Å²) in [5.41, 5.74) is 3.50. The maximum Gasteiger partial charge on any atom is 0.278 e. The fourth-order valence-electron chi connectivity index (χ4n) is 3.05. The fourth-order valence-corrected chi connectivity index (χ4v) is 3.05. The summed E-state index contributed by atoms with van der Waals surface area (Å²) in [5.74, 6) is 1.34. The summed E-state index contributed by atoms with van der Waals surface area (Å²) in [6.45, 7) is 5.24. The average molecular weight is 390 g/mol. The van der Waals surface area contributed by atoms with Crippen molar-refractivity contribution in [2.45, 2.75) is 20.3 Å². The van der Waals surface area contributed by atoms with Crippen LogP contribution in [0.4, 0.5) is 11.5 Å². The van der Waals surface area contributed by atoms with Gasteiger partial charge >= 0.3 is 0 Å². The third kappa shape index (κ3) is 5.31. The van der Waals surface area contributed by atoms with E-state index in [2.05, 4.69) is 15.5 Å². The van der Waals surface area contributed by atoms with E-state index in [1.54, 1.807) is 24.1 Å². The molecular formula is C23H26N4O2. The molecule has 29 heavy (non-hydrogen) atoms. The van der Waals surface area contributed by atoms with Crippen molar-refractivity contribution in [3.05, 3.63) is 77.5 Å². The lowest BCUT2D eigenvalue weighted by Crippen LogP contribution is -2.31. The van der Waals surface area contributed by atoms with Gasteiger partial charge in [-0.15, -0.1) is 10.2 Å². The monoisotopic (exact) mass is 390 g/mol. The van der Waals surface area contributed by atoms with Crippen LogP contribution in [0.15, 0.2) is 60.7 Å². The number of rotatable bonds is 8. The Kier molecular flexibility index (Phi) is 6.79. The molecule has 2 aromatic carbocycles. The molecule has 0 atom stereocenters. The Bertz CT molecular complexity index is 940. The van der Waals surface area contributed by atoms with Gasteiger partial charge in [0.05, 0.1) is 7.11 Å². The van der Waals surface area contributed by atoms with Crippen molar-refractivity contribution in [2.75, 3.05) is 30.4 Å². The molecule has 0 saturated heterocycles. The number of benzene rings is 2. The normalized spacial score (nSPS) is 10.4. The van der Waals surface area contributed by atoms with Crippen molar-refractivity contribution in [3.8, 4) is 5.75 Å². The third-order valence-electron chi connectivity index (χ3n) is 4.64. The number of carbonyl (C=O) groups excluding carboxylic acids is 1. The maximum absolute atomic E-state index is 12.8. The van der Waals surface area contributed by atoms with Crippen LogP contribution in [0.5, 0.6) is 5.75 Å². The molecule has 1 amide bonds. The maximum atomic E-state index is 12.8. The van der Waals surface area contributed by atoms with E-state index in [4.69, 9.17) is 4.74 Å². The second-order valence-corrected chi connectivity index (χ2v) is 6.72. The Morgan fingerprint density at radius 1 is 1.07 bits per heavy atom. The molecule has 0 fully saturated rings. The first-order valence-corrected chi connectivity index (χ1v) is 9.69. The zero-order valence-corrected chi connectivity index (χ0v) is 17.1. The average Bonchev–Trinajstić information content (AvgIpc) is 2.75. The number of aromatic nitrogens is 2. The summed E-state index contributed by atoms with van der Waals surface area (Å²) in [4.78, 5) is 14.5. The van der Waals surface area contributed by atoms with Crippen molar-refractivity contribution >= 4 is 17.4 Å². The van der Waals surface area contributed by atoms with Gasteiger partial charge in [0.2, 0.25) is 0 Å². The number of anilines is 2. The first-order valence-electron chi connectivity index (χ1n) is 9.69. The Hall–Kier alpha value is -3.41. The van der Waals surface area contributed by atoms with Crippen molar-refractivity contribution < 1.29 is 9.53 Å². The Balaban J connectivity index is 1.59. The number of nitrogens with zero attached hydrogens (tertiary/aromatic N) is 3. The highest BCUT2D eigenvalue weighted by atomic mass is 16.5. The van der Waals surface area contributed by atoms with Gasteiger partial charge < -0.3 is 15.0 Å². The molecule has 6 heteroatoms. The standard InChI is InChI=1S/C23H26N4O2/c1-4-27(19-7-5-6-17(2)16-19)23(28)21-12-13-22(26-25-21)24-15-14-18-8-10-20(29-3)11-9-18/h5-13,16H,4,14-15H2,1-3H3,(H,24,26). The van der Waals surface area contributed by atoms with Crippen LogP contribution >= 0.6 is 0 Å².